The van der Waals surface area contributed by atoms with E-state index in [-0.39, 0.29) is 9.64 Å². The van der Waals surface area contributed by atoms with Gasteiger partial charge in [0.05, 0.1) is 14.2 Å². The lowest BCUT2D eigenvalue weighted by molar-refractivity contribution is 0.392. The zero-order valence-corrected chi connectivity index (χ0v) is 14.7. The average molecular weight is 333 g/mol. The molecule has 21 heavy (non-hydrogen) atoms. The van der Waals surface area contributed by atoms with Gasteiger partial charge in [0.1, 0.15) is 16.4 Å². The van der Waals surface area contributed by atoms with Gasteiger partial charge < -0.3 is 9.47 Å². The predicted molar refractivity (Wildman–Crippen MR) is 86.9 cm³/mol. The summed E-state index contributed by atoms with van der Waals surface area (Å²) in [5.74, 6) is 1.47. The van der Waals surface area contributed by atoms with Crippen molar-refractivity contribution in [3.63, 3.8) is 0 Å². The van der Waals surface area contributed by atoms with Crippen molar-refractivity contribution >= 4 is 21.8 Å². The summed E-state index contributed by atoms with van der Waals surface area (Å²) in [6.07, 6.45) is 0. The lowest BCUT2D eigenvalue weighted by atomic mass is 10.3. The molecule has 0 aliphatic carbocycles. The summed E-state index contributed by atoms with van der Waals surface area (Å²) in [6, 6.07) is 4.70. The summed E-state index contributed by atoms with van der Waals surface area (Å²) in [5, 5.41) is 0. The molecule has 120 valence electrons. The quantitative estimate of drug-likeness (QED) is 0.777. The fraction of sp³-hybridized carbons (Fsp3) is 0.571. The Morgan fingerprint density at radius 1 is 1.19 bits per heavy atom. The van der Waals surface area contributed by atoms with Gasteiger partial charge in [0.25, 0.3) is 0 Å². The minimum absolute atomic E-state index is 0.0881. The van der Waals surface area contributed by atoms with Crippen molar-refractivity contribution in [2.24, 2.45) is 0 Å². The van der Waals surface area contributed by atoms with E-state index >= 15 is 0 Å². The van der Waals surface area contributed by atoms with Gasteiger partial charge in [-0.3, -0.25) is 0 Å². The molecule has 0 fully saturated rings. The van der Waals surface area contributed by atoms with E-state index in [4.69, 9.17) is 9.47 Å². The highest BCUT2D eigenvalue weighted by molar-refractivity contribution is 8.00. The van der Waals surface area contributed by atoms with Crippen LogP contribution < -0.4 is 14.2 Å². The highest BCUT2D eigenvalue weighted by Crippen LogP contribution is 2.28. The Hall–Kier alpha value is -0.920. The first-order valence-electron chi connectivity index (χ1n) is 6.55. The summed E-state index contributed by atoms with van der Waals surface area (Å²) in [7, 11) is -0.689. The van der Waals surface area contributed by atoms with Crippen LogP contribution in [0.2, 0.25) is 0 Å². The molecule has 1 aromatic carbocycles. The van der Waals surface area contributed by atoms with E-state index in [1.807, 2.05) is 0 Å². The first-order valence-corrected chi connectivity index (χ1v) is 9.02. The molecule has 0 saturated heterocycles. The van der Waals surface area contributed by atoms with Crippen LogP contribution >= 0.6 is 11.8 Å². The summed E-state index contributed by atoms with van der Waals surface area (Å²) in [5.41, 5.74) is 0. The van der Waals surface area contributed by atoms with E-state index in [0.717, 1.165) is 0 Å². The Bertz CT molecular complexity index is 565. The van der Waals surface area contributed by atoms with Crippen molar-refractivity contribution in [3.8, 4) is 11.5 Å². The molecule has 0 amide bonds. The minimum Gasteiger partial charge on any atom is -0.497 e. The molecule has 0 heterocycles. The van der Waals surface area contributed by atoms with Gasteiger partial charge in [0.2, 0.25) is 10.0 Å². The van der Waals surface area contributed by atoms with Crippen LogP contribution in [0.25, 0.3) is 0 Å². The number of thioether (sulfide) groups is 1. The number of sulfonamides is 1. The molecule has 5 nitrogen and oxygen atoms in total. The van der Waals surface area contributed by atoms with Gasteiger partial charge in [-0.2, -0.15) is 11.8 Å². The Labute approximate surface area is 131 Å². The predicted octanol–water partition coefficient (Wildman–Crippen LogP) is 2.51. The normalized spacial score (nSPS) is 12.2. The van der Waals surface area contributed by atoms with Crippen molar-refractivity contribution in [2.45, 2.75) is 30.4 Å². The van der Waals surface area contributed by atoms with E-state index in [9.17, 15) is 8.42 Å². The summed E-state index contributed by atoms with van der Waals surface area (Å²) in [6.45, 7) is 6.65. The van der Waals surface area contributed by atoms with Crippen molar-refractivity contribution in [3.05, 3.63) is 18.2 Å². The largest absolute Gasteiger partial charge is 0.497 e. The number of ether oxygens (including phenoxy) is 2. The van der Waals surface area contributed by atoms with E-state index in [0.29, 0.717) is 23.8 Å². The number of nitrogens with one attached hydrogen (secondary N) is 1. The highest BCUT2D eigenvalue weighted by atomic mass is 32.2. The van der Waals surface area contributed by atoms with E-state index in [1.54, 1.807) is 23.9 Å². The topological polar surface area (TPSA) is 64.6 Å². The van der Waals surface area contributed by atoms with Crippen LogP contribution in [-0.4, -0.2) is 39.7 Å². The number of rotatable bonds is 7. The van der Waals surface area contributed by atoms with Crippen LogP contribution in [0.4, 0.5) is 0 Å². The molecule has 0 radical (unpaired) electrons. The fourth-order valence-corrected chi connectivity index (χ4v) is 3.76. The van der Waals surface area contributed by atoms with Crippen molar-refractivity contribution in [2.75, 3.05) is 26.5 Å². The second kappa shape index (κ2) is 7.38. The van der Waals surface area contributed by atoms with Crippen molar-refractivity contribution in [1.82, 2.24) is 4.72 Å². The van der Waals surface area contributed by atoms with Gasteiger partial charge in [-0.25, -0.2) is 13.1 Å². The Morgan fingerprint density at radius 2 is 1.86 bits per heavy atom. The zero-order valence-electron chi connectivity index (χ0n) is 13.1. The van der Waals surface area contributed by atoms with Crippen LogP contribution in [-0.2, 0) is 10.0 Å². The van der Waals surface area contributed by atoms with E-state index < -0.39 is 10.0 Å². The first kappa shape index (κ1) is 18.1. The standard InChI is InChI=1S/C14H23NO4S2/c1-14(2,3)20-9-8-15-21(16,17)13-10-11(18-4)6-7-12(13)19-5/h6-7,10,15H,8-9H2,1-5H3. The lowest BCUT2D eigenvalue weighted by Gasteiger charge is -2.17. The third-order valence-corrected chi connectivity index (χ3v) is 5.35. The number of methoxy groups -OCH3 is 2. The zero-order chi connectivity index (χ0) is 16.1. The lowest BCUT2D eigenvalue weighted by Crippen LogP contribution is -2.27. The molecular formula is C14H23NO4S2. The number of hydrogen-bond donors (Lipinski definition) is 1. The number of hydrogen-bond acceptors (Lipinski definition) is 5. The molecule has 7 heteroatoms. The molecule has 0 atom stereocenters. The Morgan fingerprint density at radius 3 is 2.38 bits per heavy atom. The molecule has 0 unspecified atom stereocenters. The maximum absolute atomic E-state index is 12.3. The summed E-state index contributed by atoms with van der Waals surface area (Å²) in [4.78, 5) is 0.0881. The molecule has 1 N–H and O–H groups in total. The van der Waals surface area contributed by atoms with Crippen LogP contribution in [0.3, 0.4) is 0 Å². The molecule has 0 aliphatic rings. The van der Waals surface area contributed by atoms with Gasteiger partial charge in [-0.1, -0.05) is 20.8 Å². The Kier molecular flexibility index (Phi) is 6.37. The van der Waals surface area contributed by atoms with Crippen LogP contribution in [0.15, 0.2) is 23.1 Å². The van der Waals surface area contributed by atoms with E-state index in [2.05, 4.69) is 25.5 Å². The van der Waals surface area contributed by atoms with Gasteiger partial charge in [-0.15, -0.1) is 0 Å². The van der Waals surface area contributed by atoms with Crippen LogP contribution in [0.1, 0.15) is 20.8 Å². The third kappa shape index (κ3) is 5.76. The van der Waals surface area contributed by atoms with Crippen LogP contribution in [0.5, 0.6) is 11.5 Å². The molecular weight excluding hydrogens is 310 g/mol. The summed E-state index contributed by atoms with van der Waals surface area (Å²) >= 11 is 1.70. The van der Waals surface area contributed by atoms with Gasteiger partial charge in [0, 0.05) is 23.1 Å². The molecule has 0 aliphatic heterocycles. The molecule has 0 saturated carbocycles. The smallest absolute Gasteiger partial charge is 0.244 e. The maximum Gasteiger partial charge on any atom is 0.244 e. The molecule has 0 spiro atoms. The first-order chi connectivity index (χ1) is 9.69. The van der Waals surface area contributed by atoms with Gasteiger partial charge in [0.15, 0.2) is 0 Å². The third-order valence-electron chi connectivity index (χ3n) is 2.59. The molecule has 1 rings (SSSR count). The highest BCUT2D eigenvalue weighted by Gasteiger charge is 2.20. The fourth-order valence-electron chi connectivity index (χ4n) is 1.61. The molecule has 0 bridgehead atoms. The van der Waals surface area contributed by atoms with Crippen molar-refractivity contribution in [1.29, 1.82) is 0 Å². The van der Waals surface area contributed by atoms with Crippen LogP contribution in [0, 0.1) is 0 Å². The monoisotopic (exact) mass is 333 g/mol. The summed E-state index contributed by atoms with van der Waals surface area (Å²) < 4.78 is 37.6. The SMILES string of the molecule is COc1ccc(OC)c(S(=O)(=O)NCCSC(C)(C)C)c1. The molecule has 1 aromatic rings. The Balaban J connectivity index is 2.82. The average Bonchev–Trinajstić information content (AvgIpc) is 2.42. The second-order valence-electron chi connectivity index (χ2n) is 5.38. The van der Waals surface area contributed by atoms with Gasteiger partial charge in [-0.05, 0) is 12.1 Å². The molecule has 0 aromatic heterocycles. The van der Waals surface area contributed by atoms with E-state index in [1.165, 1.54) is 20.3 Å². The van der Waals surface area contributed by atoms with Gasteiger partial charge >= 0.3 is 0 Å². The number of benzene rings is 1. The second-order valence-corrected chi connectivity index (χ2v) is 9.03. The maximum atomic E-state index is 12.3. The minimum atomic E-state index is -3.62. The van der Waals surface area contributed by atoms with Crippen molar-refractivity contribution < 1.29 is 17.9 Å².